The Balaban J connectivity index is 1.63. The third-order valence-corrected chi connectivity index (χ3v) is 5.83. The highest BCUT2D eigenvalue weighted by Gasteiger charge is 2.28. The van der Waals surface area contributed by atoms with Gasteiger partial charge in [-0.2, -0.15) is 5.10 Å². The van der Waals surface area contributed by atoms with E-state index in [1.807, 2.05) is 16.9 Å². The minimum Gasteiger partial charge on any atom is -0.270 e. The maximum absolute atomic E-state index is 12.9. The number of nitrogens with zero attached hydrogens (tertiary/aromatic N) is 3. The van der Waals surface area contributed by atoms with Crippen LogP contribution < -0.4 is 0 Å². The number of piperidine rings is 1. The summed E-state index contributed by atoms with van der Waals surface area (Å²) >= 11 is 0. The Morgan fingerprint density at radius 3 is 2.45 bits per heavy atom. The lowest BCUT2D eigenvalue weighted by molar-refractivity contribution is 0.261. The molecule has 2 aromatic rings. The Hall–Kier alpha value is -1.73. The highest BCUT2D eigenvalue weighted by molar-refractivity contribution is 7.88. The van der Waals surface area contributed by atoms with E-state index in [1.165, 1.54) is 28.6 Å². The monoisotopic (exact) mass is 323 g/mol. The van der Waals surface area contributed by atoms with Crippen LogP contribution in [0.3, 0.4) is 0 Å². The van der Waals surface area contributed by atoms with Crippen molar-refractivity contribution in [3.05, 3.63) is 54.1 Å². The van der Waals surface area contributed by atoms with Crippen molar-refractivity contribution in [2.24, 2.45) is 0 Å². The molecule has 0 amide bonds. The normalized spacial score (nSPS) is 17.7. The average Bonchev–Trinajstić information content (AvgIpc) is 3.04. The summed E-state index contributed by atoms with van der Waals surface area (Å²) in [5, 5.41) is 4.22. The van der Waals surface area contributed by atoms with Gasteiger partial charge in [0, 0.05) is 25.5 Å². The first-order valence-corrected chi connectivity index (χ1v) is 8.87. The topological polar surface area (TPSA) is 55.2 Å². The molecule has 118 valence electrons. The first-order chi connectivity index (χ1) is 10.5. The summed E-state index contributed by atoms with van der Waals surface area (Å²) in [5.74, 6) is -0.444. The van der Waals surface area contributed by atoms with Crippen LogP contribution in [0.15, 0.2) is 42.7 Å². The first-order valence-electron chi connectivity index (χ1n) is 7.26. The van der Waals surface area contributed by atoms with Crippen LogP contribution in [0.1, 0.15) is 24.4 Å². The largest absolute Gasteiger partial charge is 0.270 e. The van der Waals surface area contributed by atoms with Gasteiger partial charge in [-0.05, 0) is 36.6 Å². The molecule has 0 N–H and O–H groups in total. The Kier molecular flexibility index (Phi) is 4.26. The van der Waals surface area contributed by atoms with E-state index in [0.29, 0.717) is 18.7 Å². The second-order valence-corrected chi connectivity index (χ2v) is 7.47. The van der Waals surface area contributed by atoms with Crippen molar-refractivity contribution < 1.29 is 12.8 Å². The van der Waals surface area contributed by atoms with E-state index in [2.05, 4.69) is 5.10 Å². The summed E-state index contributed by atoms with van der Waals surface area (Å²) in [7, 11) is -3.36. The van der Waals surface area contributed by atoms with E-state index in [1.54, 1.807) is 6.20 Å². The minimum atomic E-state index is -3.36. The van der Waals surface area contributed by atoms with E-state index in [9.17, 15) is 12.8 Å². The molecular formula is C15H18FN3O2S. The fraction of sp³-hybridized carbons (Fsp3) is 0.400. The molecule has 7 heteroatoms. The predicted octanol–water partition coefficient (Wildman–Crippen LogP) is 2.19. The second kappa shape index (κ2) is 6.18. The zero-order chi connectivity index (χ0) is 15.6. The van der Waals surface area contributed by atoms with Crippen LogP contribution in [-0.2, 0) is 15.8 Å². The van der Waals surface area contributed by atoms with Crippen molar-refractivity contribution in [1.29, 1.82) is 0 Å². The van der Waals surface area contributed by atoms with Crippen molar-refractivity contribution in [1.82, 2.24) is 14.1 Å². The molecule has 1 aliphatic rings. The molecule has 1 aromatic carbocycles. The molecule has 2 heterocycles. The van der Waals surface area contributed by atoms with E-state index < -0.39 is 10.0 Å². The first kappa shape index (κ1) is 15.2. The van der Waals surface area contributed by atoms with E-state index >= 15 is 0 Å². The molecular weight excluding hydrogens is 305 g/mol. The molecule has 0 spiro atoms. The lowest BCUT2D eigenvalue weighted by Crippen LogP contribution is -2.39. The summed E-state index contributed by atoms with van der Waals surface area (Å²) in [6.45, 7) is 0.988. The molecule has 1 aromatic heterocycles. The second-order valence-electron chi connectivity index (χ2n) is 5.50. The van der Waals surface area contributed by atoms with Gasteiger partial charge in [-0.1, -0.05) is 12.1 Å². The molecule has 22 heavy (non-hydrogen) atoms. The van der Waals surface area contributed by atoms with Gasteiger partial charge in [0.05, 0.1) is 11.8 Å². The molecule has 0 atom stereocenters. The standard InChI is InChI=1S/C15H18FN3O2S/c16-14-4-2-13(3-5-14)12-22(20,21)18-10-6-15(7-11-18)19-9-1-8-17-19/h1-5,8-9,15H,6-7,10-12H2. The van der Waals surface area contributed by atoms with Crippen LogP contribution in [-0.4, -0.2) is 35.6 Å². The number of aromatic nitrogens is 2. The van der Waals surface area contributed by atoms with E-state index in [-0.39, 0.29) is 17.6 Å². The predicted molar refractivity (Wildman–Crippen MR) is 81.1 cm³/mol. The summed E-state index contributed by atoms with van der Waals surface area (Å²) < 4.78 is 41.2. The van der Waals surface area contributed by atoms with Gasteiger partial charge in [0.1, 0.15) is 5.82 Å². The van der Waals surface area contributed by atoms with Crippen molar-refractivity contribution in [2.45, 2.75) is 24.6 Å². The van der Waals surface area contributed by atoms with Crippen molar-refractivity contribution in [3.63, 3.8) is 0 Å². The molecule has 1 saturated heterocycles. The number of hydrogen-bond acceptors (Lipinski definition) is 3. The van der Waals surface area contributed by atoms with Crippen LogP contribution in [0.4, 0.5) is 4.39 Å². The number of sulfonamides is 1. The number of hydrogen-bond donors (Lipinski definition) is 0. The van der Waals surface area contributed by atoms with Gasteiger partial charge >= 0.3 is 0 Å². The molecule has 1 fully saturated rings. The van der Waals surface area contributed by atoms with Gasteiger partial charge in [-0.25, -0.2) is 17.1 Å². The molecule has 0 unspecified atom stereocenters. The number of rotatable bonds is 4. The van der Waals surface area contributed by atoms with Crippen LogP contribution in [0.25, 0.3) is 0 Å². The smallest absolute Gasteiger partial charge is 0.218 e. The molecule has 3 rings (SSSR count). The van der Waals surface area contributed by atoms with Crippen LogP contribution in [0, 0.1) is 5.82 Å². The fourth-order valence-corrected chi connectivity index (χ4v) is 4.33. The van der Waals surface area contributed by atoms with Gasteiger partial charge in [-0.3, -0.25) is 4.68 Å². The third-order valence-electron chi connectivity index (χ3n) is 3.98. The van der Waals surface area contributed by atoms with Crippen molar-refractivity contribution >= 4 is 10.0 Å². The lowest BCUT2D eigenvalue weighted by atomic mass is 10.1. The average molecular weight is 323 g/mol. The summed E-state index contributed by atoms with van der Waals surface area (Å²) in [6, 6.07) is 7.74. The SMILES string of the molecule is O=S(=O)(Cc1ccc(F)cc1)N1CCC(n2cccn2)CC1. The molecule has 0 bridgehead atoms. The molecule has 0 radical (unpaired) electrons. The van der Waals surface area contributed by atoms with Gasteiger partial charge in [-0.15, -0.1) is 0 Å². The number of halogens is 1. The zero-order valence-electron chi connectivity index (χ0n) is 12.1. The van der Waals surface area contributed by atoms with Crippen molar-refractivity contribution in [3.8, 4) is 0 Å². The lowest BCUT2D eigenvalue weighted by Gasteiger charge is -2.31. The van der Waals surface area contributed by atoms with Gasteiger partial charge < -0.3 is 0 Å². The van der Waals surface area contributed by atoms with E-state index in [0.717, 1.165) is 12.8 Å². The highest BCUT2D eigenvalue weighted by atomic mass is 32.2. The molecule has 0 saturated carbocycles. The van der Waals surface area contributed by atoms with Crippen LogP contribution in [0.2, 0.25) is 0 Å². The Bertz CT molecular complexity index is 706. The maximum Gasteiger partial charge on any atom is 0.218 e. The number of benzene rings is 1. The van der Waals surface area contributed by atoms with Gasteiger partial charge in [0.2, 0.25) is 10.0 Å². The summed E-state index contributed by atoms with van der Waals surface area (Å²) in [5.41, 5.74) is 0.607. The minimum absolute atomic E-state index is 0.0836. The molecule has 1 aliphatic heterocycles. The molecule has 0 aliphatic carbocycles. The summed E-state index contributed by atoms with van der Waals surface area (Å²) in [4.78, 5) is 0. The Morgan fingerprint density at radius 1 is 1.18 bits per heavy atom. The van der Waals surface area contributed by atoms with Crippen molar-refractivity contribution in [2.75, 3.05) is 13.1 Å². The van der Waals surface area contributed by atoms with Crippen LogP contribution in [0.5, 0.6) is 0 Å². The Labute approximate surface area is 129 Å². The van der Waals surface area contributed by atoms with E-state index in [4.69, 9.17) is 0 Å². The zero-order valence-corrected chi connectivity index (χ0v) is 12.9. The summed E-state index contributed by atoms with van der Waals surface area (Å²) in [6.07, 6.45) is 5.15. The highest BCUT2D eigenvalue weighted by Crippen LogP contribution is 2.24. The quantitative estimate of drug-likeness (QED) is 0.867. The molecule has 5 nitrogen and oxygen atoms in total. The third kappa shape index (κ3) is 3.36. The van der Waals surface area contributed by atoms with Crippen LogP contribution >= 0.6 is 0 Å². The maximum atomic E-state index is 12.9. The van der Waals surface area contributed by atoms with Gasteiger partial charge in [0.25, 0.3) is 0 Å². The Morgan fingerprint density at radius 2 is 1.86 bits per heavy atom. The fourth-order valence-electron chi connectivity index (χ4n) is 2.76. The van der Waals surface area contributed by atoms with Gasteiger partial charge in [0.15, 0.2) is 0 Å².